The zero-order valence-corrected chi connectivity index (χ0v) is 17.8. The molecule has 1 aliphatic carbocycles. The fourth-order valence-corrected chi connectivity index (χ4v) is 5.40. The molecule has 0 aliphatic heterocycles. The summed E-state index contributed by atoms with van der Waals surface area (Å²) >= 11 is 0. The van der Waals surface area contributed by atoms with Crippen molar-refractivity contribution in [2.45, 2.75) is 26.2 Å². The first kappa shape index (κ1) is 17.5. The highest BCUT2D eigenvalue weighted by molar-refractivity contribution is 6.14. The molecule has 30 heavy (non-hydrogen) atoms. The third-order valence-electron chi connectivity index (χ3n) is 6.84. The Morgan fingerprint density at radius 1 is 0.833 bits per heavy atom. The van der Waals surface area contributed by atoms with Gasteiger partial charge in [0, 0.05) is 28.3 Å². The molecule has 2 heterocycles. The summed E-state index contributed by atoms with van der Waals surface area (Å²) in [4.78, 5) is 0. The van der Waals surface area contributed by atoms with E-state index in [2.05, 4.69) is 105 Å². The van der Waals surface area contributed by atoms with Crippen LogP contribution >= 0.6 is 0 Å². The third kappa shape index (κ3) is 2.11. The van der Waals surface area contributed by atoms with Crippen molar-refractivity contribution in [3.63, 3.8) is 0 Å². The fraction of sp³-hybridized carbons (Fsp3) is 0.179. The highest BCUT2D eigenvalue weighted by atomic mass is 16.3. The number of hydrogen-bond acceptors (Lipinski definition) is 1. The topological polar surface area (TPSA) is 17.0 Å². The van der Waals surface area contributed by atoms with Crippen molar-refractivity contribution in [3.05, 3.63) is 89.6 Å². The van der Waals surface area contributed by atoms with E-state index in [0.717, 1.165) is 11.2 Å². The second-order valence-corrected chi connectivity index (χ2v) is 8.96. The molecule has 5 aromatic rings. The Bertz CT molecular complexity index is 1490. The average molecular weight is 391 g/mol. The molecule has 2 heteroatoms. The molecule has 0 spiro atoms. The lowest BCUT2D eigenvalue weighted by Gasteiger charge is -2.22. The van der Waals surface area contributed by atoms with Crippen LogP contribution in [0.4, 0.5) is 0 Å². The number of nitrogens with zero attached hydrogens (tertiary/aromatic N) is 1. The van der Waals surface area contributed by atoms with Crippen LogP contribution in [0.2, 0.25) is 0 Å². The van der Waals surface area contributed by atoms with E-state index in [-0.39, 0.29) is 5.41 Å². The van der Waals surface area contributed by atoms with E-state index in [4.69, 9.17) is 4.42 Å². The van der Waals surface area contributed by atoms with Crippen molar-refractivity contribution < 1.29 is 8.98 Å². The van der Waals surface area contributed by atoms with Crippen LogP contribution in [-0.4, -0.2) is 0 Å². The van der Waals surface area contributed by atoms with Crippen molar-refractivity contribution in [3.8, 4) is 22.4 Å². The van der Waals surface area contributed by atoms with Crippen LogP contribution in [0.3, 0.4) is 0 Å². The van der Waals surface area contributed by atoms with Gasteiger partial charge in [0.2, 0.25) is 5.69 Å². The Hall–Kier alpha value is -3.39. The highest BCUT2D eigenvalue weighted by Gasteiger charge is 2.38. The van der Waals surface area contributed by atoms with Crippen LogP contribution in [0.5, 0.6) is 0 Å². The molecule has 0 radical (unpaired) electrons. The lowest BCUT2D eigenvalue weighted by atomic mass is 9.80. The predicted molar refractivity (Wildman–Crippen MR) is 123 cm³/mol. The molecule has 0 fully saturated rings. The van der Waals surface area contributed by atoms with Gasteiger partial charge >= 0.3 is 0 Å². The summed E-state index contributed by atoms with van der Waals surface area (Å²) in [6, 6.07) is 24.0. The molecular weight excluding hydrogens is 366 g/mol. The fourth-order valence-electron chi connectivity index (χ4n) is 5.40. The van der Waals surface area contributed by atoms with Crippen molar-refractivity contribution in [2.75, 3.05) is 0 Å². The number of hydrogen-bond donors (Lipinski definition) is 0. The maximum absolute atomic E-state index is 6.58. The summed E-state index contributed by atoms with van der Waals surface area (Å²) in [5, 5.41) is 2.45. The molecule has 0 N–H and O–H groups in total. The number of furan rings is 1. The predicted octanol–water partition coefficient (Wildman–Crippen LogP) is 6.69. The summed E-state index contributed by atoms with van der Waals surface area (Å²) < 4.78 is 8.74. The summed E-state index contributed by atoms with van der Waals surface area (Å²) in [7, 11) is 2.09. The average Bonchev–Trinajstić information content (AvgIpc) is 3.22. The van der Waals surface area contributed by atoms with Gasteiger partial charge < -0.3 is 4.42 Å². The number of aromatic nitrogens is 1. The molecule has 0 amide bonds. The van der Waals surface area contributed by atoms with Crippen molar-refractivity contribution in [1.82, 2.24) is 0 Å². The maximum Gasteiger partial charge on any atom is 0.216 e. The smallest absolute Gasteiger partial charge is 0.216 e. The van der Waals surface area contributed by atoms with E-state index >= 15 is 0 Å². The standard InChI is InChI=1S/C28H24NO/c1-17-12-13-20-25-23(30-27(20)24(17)22-11-7-8-16-29(22)4)15-14-19-18-9-5-6-10-21(18)28(2,3)26(19)25/h5-16H,1-4H3/q+1. The first-order valence-corrected chi connectivity index (χ1v) is 10.5. The van der Waals surface area contributed by atoms with Crippen LogP contribution in [0, 0.1) is 6.92 Å². The number of fused-ring (bicyclic) bond motifs is 7. The van der Waals surface area contributed by atoms with E-state index < -0.39 is 0 Å². The Labute approximate surface area is 176 Å². The second-order valence-electron chi connectivity index (χ2n) is 8.96. The molecule has 0 unspecified atom stereocenters. The van der Waals surface area contributed by atoms with Gasteiger partial charge in [-0.1, -0.05) is 56.3 Å². The molecule has 146 valence electrons. The lowest BCUT2D eigenvalue weighted by molar-refractivity contribution is -0.660. The minimum Gasteiger partial charge on any atom is -0.455 e. The van der Waals surface area contributed by atoms with Gasteiger partial charge in [-0.3, -0.25) is 0 Å². The maximum atomic E-state index is 6.58. The molecule has 0 atom stereocenters. The van der Waals surface area contributed by atoms with Crippen LogP contribution in [0.25, 0.3) is 44.3 Å². The normalized spacial score (nSPS) is 14.3. The molecule has 6 rings (SSSR count). The van der Waals surface area contributed by atoms with Crippen LogP contribution < -0.4 is 4.57 Å². The SMILES string of the molecule is Cc1ccc2c(oc3ccc4c(c32)C(C)(C)c2ccccc2-4)c1-c1cccc[n+]1C. The molecule has 2 aromatic heterocycles. The van der Waals surface area contributed by atoms with Crippen LogP contribution in [-0.2, 0) is 12.5 Å². The van der Waals surface area contributed by atoms with Crippen molar-refractivity contribution >= 4 is 21.9 Å². The molecule has 1 aliphatic rings. The number of pyridine rings is 1. The van der Waals surface area contributed by atoms with Gasteiger partial charge in [-0.05, 0) is 46.9 Å². The molecule has 2 nitrogen and oxygen atoms in total. The minimum atomic E-state index is -0.0648. The zero-order valence-electron chi connectivity index (χ0n) is 17.8. The van der Waals surface area contributed by atoms with Crippen LogP contribution in [0.1, 0.15) is 30.5 Å². The van der Waals surface area contributed by atoms with Gasteiger partial charge in [0.05, 0.1) is 5.56 Å². The highest BCUT2D eigenvalue weighted by Crippen LogP contribution is 2.53. The third-order valence-corrected chi connectivity index (χ3v) is 6.84. The first-order valence-electron chi connectivity index (χ1n) is 10.5. The van der Waals surface area contributed by atoms with Crippen LogP contribution in [0.15, 0.2) is 77.3 Å². The first-order chi connectivity index (χ1) is 14.5. The van der Waals surface area contributed by atoms with Gasteiger partial charge in [-0.2, -0.15) is 0 Å². The summed E-state index contributed by atoms with van der Waals surface area (Å²) in [5.74, 6) is 0. The monoisotopic (exact) mass is 390 g/mol. The Morgan fingerprint density at radius 2 is 1.63 bits per heavy atom. The van der Waals surface area contributed by atoms with E-state index in [1.54, 1.807) is 0 Å². The van der Waals surface area contributed by atoms with Gasteiger partial charge in [0.15, 0.2) is 6.20 Å². The van der Waals surface area contributed by atoms with Gasteiger partial charge in [0.1, 0.15) is 18.2 Å². The number of benzene rings is 3. The van der Waals surface area contributed by atoms with Crippen molar-refractivity contribution in [2.24, 2.45) is 7.05 Å². The van der Waals surface area contributed by atoms with Gasteiger partial charge in [-0.15, -0.1) is 0 Å². The quantitative estimate of drug-likeness (QED) is 0.291. The van der Waals surface area contributed by atoms with E-state index in [9.17, 15) is 0 Å². The Kier molecular flexibility index (Phi) is 3.39. The van der Waals surface area contributed by atoms with Gasteiger partial charge in [0.25, 0.3) is 0 Å². The molecule has 0 bridgehead atoms. The molecular formula is C28H24NO+. The molecule has 3 aromatic carbocycles. The van der Waals surface area contributed by atoms with E-state index in [1.165, 1.54) is 49.8 Å². The Balaban J connectivity index is 1.77. The largest absolute Gasteiger partial charge is 0.455 e. The molecule has 0 saturated carbocycles. The lowest BCUT2D eigenvalue weighted by Crippen LogP contribution is -2.30. The molecule has 0 saturated heterocycles. The summed E-state index contributed by atoms with van der Waals surface area (Å²) in [6.45, 7) is 6.84. The Morgan fingerprint density at radius 3 is 2.47 bits per heavy atom. The summed E-state index contributed by atoms with van der Waals surface area (Å²) in [6.07, 6.45) is 2.09. The number of aryl methyl sites for hydroxylation is 2. The van der Waals surface area contributed by atoms with Gasteiger partial charge in [-0.25, -0.2) is 4.57 Å². The zero-order chi connectivity index (χ0) is 20.6. The van der Waals surface area contributed by atoms with E-state index in [0.29, 0.717) is 0 Å². The minimum absolute atomic E-state index is 0.0648. The summed E-state index contributed by atoms with van der Waals surface area (Å²) in [5.41, 5.74) is 10.9. The van der Waals surface area contributed by atoms with Crippen molar-refractivity contribution in [1.29, 1.82) is 0 Å². The second kappa shape index (κ2) is 5.82. The number of rotatable bonds is 1. The van der Waals surface area contributed by atoms with E-state index in [1.807, 2.05) is 0 Å².